The zero-order valence-electron chi connectivity index (χ0n) is 13.6. The van der Waals surface area contributed by atoms with Gasteiger partial charge in [0.15, 0.2) is 5.78 Å². The largest absolute Gasteiger partial charge is 0.315 e. The lowest BCUT2D eigenvalue weighted by atomic mass is 10.0. The van der Waals surface area contributed by atoms with E-state index in [9.17, 15) is 18.0 Å². The van der Waals surface area contributed by atoms with Crippen molar-refractivity contribution in [1.82, 2.24) is 0 Å². The highest BCUT2D eigenvalue weighted by Gasteiger charge is 2.33. The lowest BCUT2D eigenvalue weighted by molar-refractivity contribution is -0.117. The second kappa shape index (κ2) is 5.42. The number of rotatable bonds is 2. The van der Waals surface area contributed by atoms with Gasteiger partial charge in [0.25, 0.3) is 10.0 Å². The third-order valence-electron chi connectivity index (χ3n) is 4.73. The van der Waals surface area contributed by atoms with Gasteiger partial charge in [-0.3, -0.25) is 13.9 Å². The molecule has 0 bridgehead atoms. The fourth-order valence-corrected chi connectivity index (χ4v) is 4.90. The molecule has 0 saturated heterocycles. The minimum absolute atomic E-state index is 0.0526. The van der Waals surface area contributed by atoms with Gasteiger partial charge in [-0.25, -0.2) is 8.42 Å². The molecule has 0 radical (unpaired) electrons. The lowest BCUT2D eigenvalue weighted by Crippen LogP contribution is -2.37. The van der Waals surface area contributed by atoms with E-state index in [4.69, 9.17) is 0 Å². The summed E-state index contributed by atoms with van der Waals surface area (Å²) in [6, 6.07) is 11.5. The molecular weight excluding hydrogens is 340 g/mol. The summed E-state index contributed by atoms with van der Waals surface area (Å²) in [7, 11) is -2.13. The second-order valence-corrected chi connectivity index (χ2v) is 8.05. The first kappa shape index (κ1) is 15.8. The van der Waals surface area contributed by atoms with Crippen LogP contribution in [0.5, 0.6) is 0 Å². The van der Waals surface area contributed by atoms with Gasteiger partial charge in [0.2, 0.25) is 5.91 Å². The Labute approximate surface area is 145 Å². The van der Waals surface area contributed by atoms with Crippen molar-refractivity contribution >= 4 is 33.1 Å². The first-order valence-electron chi connectivity index (χ1n) is 7.94. The average molecular weight is 356 g/mol. The molecule has 0 fully saturated rings. The van der Waals surface area contributed by atoms with Crippen molar-refractivity contribution in [3.8, 4) is 0 Å². The van der Waals surface area contributed by atoms with E-state index in [0.29, 0.717) is 16.8 Å². The number of hydrogen-bond donors (Lipinski definition) is 0. The molecule has 0 aliphatic carbocycles. The zero-order valence-corrected chi connectivity index (χ0v) is 14.4. The molecule has 4 rings (SSSR count). The van der Waals surface area contributed by atoms with Crippen molar-refractivity contribution in [3.63, 3.8) is 0 Å². The van der Waals surface area contributed by atoms with Crippen LogP contribution in [-0.2, 0) is 21.2 Å². The highest BCUT2D eigenvalue weighted by atomic mass is 32.2. The van der Waals surface area contributed by atoms with Gasteiger partial charge in [0.1, 0.15) is 0 Å². The molecule has 2 aromatic rings. The second-order valence-electron chi connectivity index (χ2n) is 6.19. The van der Waals surface area contributed by atoms with E-state index in [-0.39, 0.29) is 36.0 Å². The van der Waals surface area contributed by atoms with E-state index in [1.54, 1.807) is 43.4 Å². The van der Waals surface area contributed by atoms with Gasteiger partial charge < -0.3 is 4.90 Å². The van der Waals surface area contributed by atoms with Crippen LogP contribution in [0.15, 0.2) is 47.4 Å². The number of carbonyl (C=O) groups excluding carboxylic acids is 2. The van der Waals surface area contributed by atoms with Gasteiger partial charge in [-0.1, -0.05) is 12.1 Å². The van der Waals surface area contributed by atoms with Gasteiger partial charge in [0.05, 0.1) is 17.0 Å². The van der Waals surface area contributed by atoms with E-state index in [0.717, 1.165) is 5.69 Å². The van der Waals surface area contributed by atoms with Crippen molar-refractivity contribution in [2.45, 2.75) is 17.7 Å². The van der Waals surface area contributed by atoms with Crippen LogP contribution in [-0.4, -0.2) is 33.7 Å². The molecule has 2 aliphatic rings. The Morgan fingerprint density at radius 3 is 2.56 bits per heavy atom. The van der Waals surface area contributed by atoms with Gasteiger partial charge in [0, 0.05) is 31.3 Å². The van der Waals surface area contributed by atoms with Gasteiger partial charge in [-0.05, 0) is 35.9 Å². The molecule has 2 aromatic carbocycles. The standard InChI is InChI=1S/C18H16N2O4S/c1-19-15-7-6-13(10-12(15)11-18(19)22)25(23,24)20-9-8-17(21)14-4-2-3-5-16(14)20/h2-7,10H,8-9,11H2,1H3. The van der Waals surface area contributed by atoms with Crippen LogP contribution in [0.25, 0.3) is 0 Å². The molecule has 0 aromatic heterocycles. The number of para-hydroxylation sites is 1. The van der Waals surface area contributed by atoms with Crippen LogP contribution in [0, 0.1) is 0 Å². The highest BCUT2D eigenvalue weighted by molar-refractivity contribution is 7.92. The third kappa shape index (κ3) is 2.34. The fraction of sp³-hybridized carbons (Fsp3) is 0.222. The minimum Gasteiger partial charge on any atom is -0.315 e. The van der Waals surface area contributed by atoms with Gasteiger partial charge in [-0.15, -0.1) is 0 Å². The van der Waals surface area contributed by atoms with Crippen LogP contribution >= 0.6 is 0 Å². The number of likely N-dealkylation sites (N-methyl/N-ethyl adjacent to an activating group) is 1. The summed E-state index contributed by atoms with van der Waals surface area (Å²) in [6.07, 6.45) is 0.354. The number of amides is 1. The first-order chi connectivity index (χ1) is 11.9. The number of benzene rings is 2. The molecule has 0 spiro atoms. The van der Waals surface area contributed by atoms with Crippen LogP contribution in [0.3, 0.4) is 0 Å². The molecule has 2 heterocycles. The van der Waals surface area contributed by atoms with Crippen molar-refractivity contribution in [3.05, 3.63) is 53.6 Å². The maximum atomic E-state index is 13.1. The van der Waals surface area contributed by atoms with Crippen LogP contribution in [0.2, 0.25) is 0 Å². The summed E-state index contributed by atoms with van der Waals surface area (Å²) >= 11 is 0. The molecule has 7 heteroatoms. The average Bonchev–Trinajstić information content (AvgIpc) is 2.89. The molecule has 6 nitrogen and oxygen atoms in total. The van der Waals surface area contributed by atoms with Crippen LogP contribution < -0.4 is 9.21 Å². The van der Waals surface area contributed by atoms with Crippen molar-refractivity contribution in [1.29, 1.82) is 0 Å². The number of carbonyl (C=O) groups is 2. The molecule has 0 N–H and O–H groups in total. The summed E-state index contributed by atoms with van der Waals surface area (Å²) in [6.45, 7) is 0.119. The predicted octanol–water partition coefficient (Wildman–Crippen LogP) is 1.99. The first-order valence-corrected chi connectivity index (χ1v) is 9.38. The Balaban J connectivity index is 1.79. The number of anilines is 2. The van der Waals surface area contributed by atoms with Crippen molar-refractivity contribution in [2.24, 2.45) is 0 Å². The molecule has 128 valence electrons. The highest BCUT2D eigenvalue weighted by Crippen LogP contribution is 2.34. The van der Waals surface area contributed by atoms with Crippen LogP contribution in [0.1, 0.15) is 22.3 Å². The number of hydrogen-bond acceptors (Lipinski definition) is 4. The Kier molecular flexibility index (Phi) is 3.43. The van der Waals surface area contributed by atoms with Crippen molar-refractivity contribution < 1.29 is 18.0 Å². The molecule has 25 heavy (non-hydrogen) atoms. The minimum atomic E-state index is -3.80. The van der Waals surface area contributed by atoms with E-state index in [2.05, 4.69) is 0 Å². The number of Topliss-reactive ketones (excluding diaryl/α,β-unsaturated/α-hetero) is 1. The molecular formula is C18H16N2O4S. The monoisotopic (exact) mass is 356 g/mol. The van der Waals surface area contributed by atoms with E-state index < -0.39 is 10.0 Å². The Morgan fingerprint density at radius 2 is 1.76 bits per heavy atom. The lowest BCUT2D eigenvalue weighted by Gasteiger charge is -2.29. The number of fused-ring (bicyclic) bond motifs is 2. The summed E-state index contributed by atoms with van der Waals surface area (Å²) < 4.78 is 27.6. The Hall–Kier alpha value is -2.67. The Bertz CT molecular complexity index is 1010. The molecule has 0 atom stereocenters. The third-order valence-corrected chi connectivity index (χ3v) is 6.54. The Morgan fingerprint density at radius 1 is 1.00 bits per heavy atom. The molecule has 0 unspecified atom stereocenters. The van der Waals surface area contributed by atoms with Gasteiger partial charge in [-0.2, -0.15) is 0 Å². The van der Waals surface area contributed by atoms with E-state index in [1.807, 2.05) is 0 Å². The summed E-state index contributed by atoms with van der Waals surface area (Å²) in [5.74, 6) is -0.110. The normalized spacial score (nSPS) is 16.8. The SMILES string of the molecule is CN1C(=O)Cc2cc(S(=O)(=O)N3CCC(=O)c4ccccc43)ccc21. The maximum absolute atomic E-state index is 13.1. The molecule has 2 aliphatic heterocycles. The number of ketones is 1. The van der Waals surface area contributed by atoms with E-state index >= 15 is 0 Å². The number of nitrogens with zero attached hydrogens (tertiary/aromatic N) is 2. The summed E-state index contributed by atoms with van der Waals surface area (Å²) in [5, 5.41) is 0. The maximum Gasteiger partial charge on any atom is 0.264 e. The predicted molar refractivity (Wildman–Crippen MR) is 93.5 cm³/mol. The van der Waals surface area contributed by atoms with Crippen LogP contribution in [0.4, 0.5) is 11.4 Å². The topological polar surface area (TPSA) is 74.8 Å². The fourth-order valence-electron chi connectivity index (χ4n) is 3.37. The summed E-state index contributed by atoms with van der Waals surface area (Å²) in [4.78, 5) is 25.5. The summed E-state index contributed by atoms with van der Waals surface area (Å²) in [5.41, 5.74) is 2.27. The van der Waals surface area contributed by atoms with E-state index in [1.165, 1.54) is 15.3 Å². The molecule has 0 saturated carbocycles. The zero-order chi connectivity index (χ0) is 17.8. The van der Waals surface area contributed by atoms with Gasteiger partial charge >= 0.3 is 0 Å². The van der Waals surface area contributed by atoms with Crippen molar-refractivity contribution in [2.75, 3.05) is 22.8 Å². The smallest absolute Gasteiger partial charge is 0.264 e. The number of sulfonamides is 1. The quantitative estimate of drug-likeness (QED) is 0.825. The molecule has 1 amide bonds.